The SMILES string of the molecule is Cc1ccc(OCC(=O)N2CCNC(c3ccc(Cl)cc3)C2)c(Br)c1. The maximum absolute atomic E-state index is 12.5. The Hall–Kier alpha value is -1.56. The number of carbonyl (C=O) groups is 1. The van der Waals surface area contributed by atoms with Crippen LogP contribution >= 0.6 is 27.5 Å². The smallest absolute Gasteiger partial charge is 0.260 e. The van der Waals surface area contributed by atoms with Gasteiger partial charge in [0.2, 0.25) is 0 Å². The van der Waals surface area contributed by atoms with Crippen LogP contribution in [0.5, 0.6) is 5.75 Å². The molecule has 2 aromatic rings. The predicted octanol–water partition coefficient (Wildman–Crippen LogP) is 3.96. The molecule has 4 nitrogen and oxygen atoms in total. The fourth-order valence-electron chi connectivity index (χ4n) is 2.85. The second-order valence-electron chi connectivity index (χ2n) is 6.12. The van der Waals surface area contributed by atoms with Crippen LogP contribution in [-0.4, -0.2) is 37.0 Å². The summed E-state index contributed by atoms with van der Waals surface area (Å²) in [6.07, 6.45) is 0. The zero-order valence-corrected chi connectivity index (χ0v) is 16.3. The lowest BCUT2D eigenvalue weighted by atomic mass is 10.0. The minimum atomic E-state index is -0.00654. The summed E-state index contributed by atoms with van der Waals surface area (Å²) >= 11 is 9.41. The first kappa shape index (κ1) is 18.2. The van der Waals surface area contributed by atoms with Crippen LogP contribution in [0.2, 0.25) is 5.02 Å². The molecule has 132 valence electrons. The molecule has 1 aliphatic heterocycles. The molecular formula is C19H20BrClN2O2. The van der Waals surface area contributed by atoms with Gasteiger partial charge in [-0.3, -0.25) is 4.79 Å². The van der Waals surface area contributed by atoms with Crippen LogP contribution in [-0.2, 0) is 4.79 Å². The number of amides is 1. The Morgan fingerprint density at radius 2 is 2.08 bits per heavy atom. The molecule has 0 spiro atoms. The number of halogens is 2. The summed E-state index contributed by atoms with van der Waals surface area (Å²) in [6, 6.07) is 13.7. The Balaban J connectivity index is 1.59. The number of hydrogen-bond acceptors (Lipinski definition) is 3. The van der Waals surface area contributed by atoms with Crippen molar-refractivity contribution < 1.29 is 9.53 Å². The van der Waals surface area contributed by atoms with Crippen molar-refractivity contribution >= 4 is 33.4 Å². The Kier molecular flexibility index (Phi) is 5.99. The van der Waals surface area contributed by atoms with E-state index in [-0.39, 0.29) is 18.6 Å². The molecule has 1 heterocycles. The molecule has 3 rings (SSSR count). The molecule has 1 N–H and O–H groups in total. The Morgan fingerprint density at radius 3 is 2.80 bits per heavy atom. The quantitative estimate of drug-likeness (QED) is 0.809. The lowest BCUT2D eigenvalue weighted by Gasteiger charge is -2.34. The van der Waals surface area contributed by atoms with Gasteiger partial charge in [-0.1, -0.05) is 29.8 Å². The standard InChI is InChI=1S/C19H20BrClN2O2/c1-13-2-7-18(16(20)10-13)25-12-19(24)23-9-8-22-17(11-23)14-3-5-15(21)6-4-14/h2-7,10,17,22H,8-9,11-12H2,1H3. The van der Waals surface area contributed by atoms with Gasteiger partial charge in [-0.25, -0.2) is 0 Å². The minimum Gasteiger partial charge on any atom is -0.483 e. The van der Waals surface area contributed by atoms with Crippen LogP contribution in [0, 0.1) is 6.92 Å². The van der Waals surface area contributed by atoms with E-state index in [2.05, 4.69) is 21.2 Å². The number of rotatable bonds is 4. The van der Waals surface area contributed by atoms with E-state index in [1.54, 1.807) is 0 Å². The van der Waals surface area contributed by atoms with Crippen LogP contribution in [0.15, 0.2) is 46.9 Å². The van der Waals surface area contributed by atoms with Gasteiger partial charge in [0, 0.05) is 30.7 Å². The molecule has 1 unspecified atom stereocenters. The van der Waals surface area contributed by atoms with Gasteiger partial charge in [0.25, 0.3) is 5.91 Å². The summed E-state index contributed by atoms with van der Waals surface area (Å²) < 4.78 is 6.55. The van der Waals surface area contributed by atoms with Crippen molar-refractivity contribution in [1.29, 1.82) is 0 Å². The number of hydrogen-bond donors (Lipinski definition) is 1. The number of nitrogens with zero attached hydrogens (tertiary/aromatic N) is 1. The Morgan fingerprint density at radius 1 is 1.32 bits per heavy atom. The van der Waals surface area contributed by atoms with Gasteiger partial charge < -0.3 is 15.0 Å². The van der Waals surface area contributed by atoms with E-state index < -0.39 is 0 Å². The highest BCUT2D eigenvalue weighted by Gasteiger charge is 2.24. The van der Waals surface area contributed by atoms with Gasteiger partial charge in [-0.15, -0.1) is 0 Å². The van der Waals surface area contributed by atoms with Crippen molar-refractivity contribution in [2.24, 2.45) is 0 Å². The van der Waals surface area contributed by atoms with E-state index in [4.69, 9.17) is 16.3 Å². The highest BCUT2D eigenvalue weighted by molar-refractivity contribution is 9.10. The molecule has 1 atom stereocenters. The predicted molar refractivity (Wildman–Crippen MR) is 103 cm³/mol. The normalized spacial score (nSPS) is 17.4. The average molecular weight is 424 g/mol. The van der Waals surface area contributed by atoms with Gasteiger partial charge in [0.1, 0.15) is 5.75 Å². The fraction of sp³-hybridized carbons (Fsp3) is 0.316. The van der Waals surface area contributed by atoms with E-state index in [1.165, 1.54) is 0 Å². The second-order valence-corrected chi connectivity index (χ2v) is 7.41. The summed E-state index contributed by atoms with van der Waals surface area (Å²) in [7, 11) is 0. The van der Waals surface area contributed by atoms with Gasteiger partial charge >= 0.3 is 0 Å². The molecule has 0 bridgehead atoms. The van der Waals surface area contributed by atoms with Crippen LogP contribution in [0.25, 0.3) is 0 Å². The molecular weight excluding hydrogens is 404 g/mol. The summed E-state index contributed by atoms with van der Waals surface area (Å²) in [4.78, 5) is 14.4. The first-order valence-electron chi connectivity index (χ1n) is 8.18. The van der Waals surface area contributed by atoms with Crippen molar-refractivity contribution in [3.63, 3.8) is 0 Å². The fourth-order valence-corrected chi connectivity index (χ4v) is 3.58. The van der Waals surface area contributed by atoms with Crippen molar-refractivity contribution in [3.05, 3.63) is 63.1 Å². The number of ether oxygens (including phenoxy) is 1. The number of nitrogens with one attached hydrogen (secondary N) is 1. The number of aryl methyl sites for hydroxylation is 1. The van der Waals surface area contributed by atoms with Gasteiger partial charge in [0.15, 0.2) is 6.61 Å². The van der Waals surface area contributed by atoms with E-state index >= 15 is 0 Å². The van der Waals surface area contributed by atoms with Crippen LogP contribution in [0.3, 0.4) is 0 Å². The summed E-state index contributed by atoms with van der Waals surface area (Å²) in [5.41, 5.74) is 2.27. The topological polar surface area (TPSA) is 41.6 Å². The maximum Gasteiger partial charge on any atom is 0.260 e. The van der Waals surface area contributed by atoms with E-state index in [1.807, 2.05) is 54.3 Å². The molecule has 1 saturated heterocycles. The minimum absolute atomic E-state index is 0.00654. The van der Waals surface area contributed by atoms with Crippen LogP contribution in [0.4, 0.5) is 0 Å². The monoisotopic (exact) mass is 422 g/mol. The summed E-state index contributed by atoms with van der Waals surface area (Å²) in [6.45, 7) is 4.11. The highest BCUT2D eigenvalue weighted by Crippen LogP contribution is 2.26. The van der Waals surface area contributed by atoms with Gasteiger partial charge in [0.05, 0.1) is 4.47 Å². The summed E-state index contributed by atoms with van der Waals surface area (Å²) in [5, 5.41) is 4.16. The lowest BCUT2D eigenvalue weighted by molar-refractivity contribution is -0.134. The molecule has 0 radical (unpaired) electrons. The first-order valence-corrected chi connectivity index (χ1v) is 9.35. The second kappa shape index (κ2) is 8.21. The third-order valence-electron chi connectivity index (χ3n) is 4.24. The van der Waals surface area contributed by atoms with Gasteiger partial charge in [-0.2, -0.15) is 0 Å². The Labute approximate surface area is 161 Å². The molecule has 0 aliphatic carbocycles. The zero-order chi connectivity index (χ0) is 17.8. The lowest BCUT2D eigenvalue weighted by Crippen LogP contribution is -2.49. The third kappa shape index (κ3) is 4.75. The molecule has 6 heteroatoms. The van der Waals surface area contributed by atoms with E-state index in [0.29, 0.717) is 23.9 Å². The number of benzene rings is 2. The molecule has 0 saturated carbocycles. The molecule has 1 fully saturated rings. The number of piperazine rings is 1. The van der Waals surface area contributed by atoms with Crippen molar-refractivity contribution in [3.8, 4) is 5.75 Å². The molecule has 1 amide bonds. The number of carbonyl (C=O) groups excluding carboxylic acids is 1. The molecule has 25 heavy (non-hydrogen) atoms. The van der Waals surface area contributed by atoms with Crippen molar-refractivity contribution in [1.82, 2.24) is 10.2 Å². The molecule has 1 aliphatic rings. The molecule has 0 aromatic heterocycles. The third-order valence-corrected chi connectivity index (χ3v) is 5.11. The van der Waals surface area contributed by atoms with Crippen LogP contribution < -0.4 is 10.1 Å². The average Bonchev–Trinajstić information content (AvgIpc) is 2.61. The van der Waals surface area contributed by atoms with Crippen LogP contribution in [0.1, 0.15) is 17.2 Å². The first-order chi connectivity index (χ1) is 12.0. The Bertz CT molecular complexity index is 752. The maximum atomic E-state index is 12.5. The van der Waals surface area contributed by atoms with Crippen molar-refractivity contribution in [2.75, 3.05) is 26.2 Å². The highest BCUT2D eigenvalue weighted by atomic mass is 79.9. The summed E-state index contributed by atoms with van der Waals surface area (Å²) in [5.74, 6) is 0.677. The largest absolute Gasteiger partial charge is 0.483 e. The van der Waals surface area contributed by atoms with Crippen molar-refractivity contribution in [2.45, 2.75) is 13.0 Å². The molecule has 2 aromatic carbocycles. The van der Waals surface area contributed by atoms with E-state index in [0.717, 1.165) is 22.1 Å². The van der Waals surface area contributed by atoms with Gasteiger partial charge in [-0.05, 0) is 58.2 Å². The van der Waals surface area contributed by atoms with E-state index in [9.17, 15) is 4.79 Å². The zero-order valence-electron chi connectivity index (χ0n) is 14.0.